The Morgan fingerprint density at radius 1 is 1.00 bits per heavy atom. The molecule has 2 rings (SSSR count). The average molecular weight is 255 g/mol. The van der Waals surface area contributed by atoms with Crippen LogP contribution in [-0.4, -0.2) is 0 Å². The normalized spacial score (nSPS) is 20.6. The number of hydrogen-bond acceptors (Lipinski definition) is 1. The molecule has 10 radical (unpaired) electrons. The summed E-state index contributed by atoms with van der Waals surface area (Å²) in [5.41, 5.74) is 0. The SMILES string of the molecule is N#C/C(F)=C/[C]1[CH][CH][CH][CH]1.[CH]1[CH][CH][CH][CH]1.[Fe+2]. The van der Waals surface area contributed by atoms with Crippen LogP contribution in [-0.2, 0) is 17.1 Å². The van der Waals surface area contributed by atoms with Gasteiger partial charge in [0, 0.05) is 5.92 Å². The third-order valence-corrected chi connectivity index (χ3v) is 1.64. The summed E-state index contributed by atoms with van der Waals surface area (Å²) >= 11 is 0. The van der Waals surface area contributed by atoms with Crippen molar-refractivity contribution in [2.75, 3.05) is 0 Å². The molecule has 2 saturated carbocycles. The Balaban J connectivity index is 0.000000318. The zero-order valence-electron chi connectivity index (χ0n) is 8.45. The van der Waals surface area contributed by atoms with Crippen molar-refractivity contribution in [2.45, 2.75) is 0 Å². The Bertz CT molecular complexity index is 227. The Kier molecular flexibility index (Phi) is 9.68. The molecule has 3 heteroatoms. The minimum Gasteiger partial charge on any atom is -0.195 e. The molecule has 2 aliphatic rings. The fraction of sp³-hybridized carbons (Fsp3) is 0. The summed E-state index contributed by atoms with van der Waals surface area (Å²) in [6.45, 7) is 0. The second-order valence-electron chi connectivity index (χ2n) is 2.78. The first kappa shape index (κ1) is 15.7. The summed E-state index contributed by atoms with van der Waals surface area (Å²) < 4.78 is 12.2. The number of halogens is 1. The van der Waals surface area contributed by atoms with E-state index in [2.05, 4.69) is 0 Å². The molecule has 0 aliphatic heterocycles. The predicted octanol–water partition coefficient (Wildman–Crippen LogP) is 2.79. The zero-order valence-corrected chi connectivity index (χ0v) is 9.56. The van der Waals surface area contributed by atoms with Crippen molar-refractivity contribution in [3.8, 4) is 6.07 Å². The van der Waals surface area contributed by atoms with Gasteiger partial charge < -0.3 is 0 Å². The zero-order chi connectivity index (χ0) is 10.9. The maximum absolute atomic E-state index is 12.2. The third kappa shape index (κ3) is 7.04. The van der Waals surface area contributed by atoms with E-state index in [1.807, 2.05) is 32.1 Å². The molecular weight excluding hydrogens is 245 g/mol. The van der Waals surface area contributed by atoms with Crippen molar-refractivity contribution in [3.63, 3.8) is 0 Å². The summed E-state index contributed by atoms with van der Waals surface area (Å²) in [4.78, 5) is 0. The Hall–Kier alpha value is -0.321. The Morgan fingerprint density at radius 3 is 1.81 bits per heavy atom. The van der Waals surface area contributed by atoms with E-state index in [9.17, 15) is 4.39 Å². The molecule has 2 fully saturated rings. The van der Waals surface area contributed by atoms with Crippen molar-refractivity contribution in [1.29, 1.82) is 5.26 Å². The van der Waals surface area contributed by atoms with E-state index in [4.69, 9.17) is 5.26 Å². The molecule has 1 nitrogen and oxygen atoms in total. The molecule has 16 heavy (non-hydrogen) atoms. The smallest absolute Gasteiger partial charge is 0.195 e. The van der Waals surface area contributed by atoms with Crippen molar-refractivity contribution < 1.29 is 21.5 Å². The molecule has 0 N–H and O–H groups in total. The van der Waals surface area contributed by atoms with Crippen molar-refractivity contribution >= 4 is 0 Å². The first-order valence-electron chi connectivity index (χ1n) is 4.48. The third-order valence-electron chi connectivity index (χ3n) is 1.64. The molecule has 2 aliphatic carbocycles. The van der Waals surface area contributed by atoms with Gasteiger partial charge in [0.15, 0.2) is 5.83 Å². The maximum atomic E-state index is 12.2. The van der Waals surface area contributed by atoms with Crippen LogP contribution in [0.15, 0.2) is 11.9 Å². The molecular formula is C13H10FFeN+2. The van der Waals surface area contributed by atoms with Gasteiger partial charge in [-0.05, 0) is 63.9 Å². The quantitative estimate of drug-likeness (QED) is 0.522. The summed E-state index contributed by atoms with van der Waals surface area (Å²) in [5.74, 6) is -0.0368. The molecule has 0 aromatic heterocycles. The number of allylic oxidation sites excluding steroid dienone is 2. The van der Waals surface area contributed by atoms with E-state index < -0.39 is 5.83 Å². The van der Waals surface area contributed by atoms with Crippen LogP contribution >= 0.6 is 0 Å². The molecule has 0 unspecified atom stereocenters. The minimum atomic E-state index is -0.758. The first-order chi connectivity index (χ1) is 7.33. The molecule has 0 aromatic carbocycles. The van der Waals surface area contributed by atoms with Gasteiger partial charge in [0.2, 0.25) is 0 Å². The average Bonchev–Trinajstić information content (AvgIpc) is 2.92. The van der Waals surface area contributed by atoms with Gasteiger partial charge in [0.1, 0.15) is 6.07 Å². The number of rotatable bonds is 1. The van der Waals surface area contributed by atoms with Gasteiger partial charge in [0.05, 0.1) is 0 Å². The molecule has 0 atom stereocenters. The Morgan fingerprint density at radius 2 is 1.44 bits per heavy atom. The van der Waals surface area contributed by atoms with E-state index in [-0.39, 0.29) is 17.1 Å². The second-order valence-corrected chi connectivity index (χ2v) is 2.78. The van der Waals surface area contributed by atoms with Gasteiger partial charge in [-0.2, -0.15) is 9.65 Å². The molecule has 80 valence electrons. The largest absolute Gasteiger partial charge is 2.00 e. The van der Waals surface area contributed by atoms with Gasteiger partial charge >= 0.3 is 17.1 Å². The molecule has 0 heterocycles. The van der Waals surface area contributed by atoms with Gasteiger partial charge in [-0.25, -0.2) is 0 Å². The fourth-order valence-electron chi connectivity index (χ4n) is 0.984. The summed E-state index contributed by atoms with van der Waals surface area (Å²) in [6, 6.07) is 1.40. The topological polar surface area (TPSA) is 23.8 Å². The van der Waals surface area contributed by atoms with Crippen LogP contribution < -0.4 is 0 Å². The Labute approximate surface area is 109 Å². The molecule has 0 spiro atoms. The van der Waals surface area contributed by atoms with Gasteiger partial charge in [-0.1, -0.05) is 0 Å². The van der Waals surface area contributed by atoms with Crippen LogP contribution in [0.5, 0.6) is 0 Å². The maximum Gasteiger partial charge on any atom is 2.00 e. The van der Waals surface area contributed by atoms with Crippen LogP contribution in [0, 0.1) is 75.0 Å². The first-order valence-corrected chi connectivity index (χ1v) is 4.48. The molecule has 0 amide bonds. The van der Waals surface area contributed by atoms with Crippen LogP contribution in [0.2, 0.25) is 0 Å². The fourth-order valence-corrected chi connectivity index (χ4v) is 0.984. The van der Waals surface area contributed by atoms with E-state index in [0.717, 1.165) is 5.92 Å². The van der Waals surface area contributed by atoms with Crippen molar-refractivity contribution in [1.82, 2.24) is 0 Å². The van der Waals surface area contributed by atoms with Gasteiger partial charge in [-0.3, -0.25) is 0 Å². The summed E-state index contributed by atoms with van der Waals surface area (Å²) in [5, 5.41) is 8.04. The monoisotopic (exact) mass is 255 g/mol. The number of nitriles is 1. The standard InChI is InChI=1S/C8H5FN.C5H5.Fe/c9-8(6-10)5-7-3-1-2-4-7;1-2-4-5-3-1;/h1-5H;1-5H;/q;;+2/b8-5-;;. The number of hydrogen-bond donors (Lipinski definition) is 0. The van der Waals surface area contributed by atoms with Crippen LogP contribution in [0.25, 0.3) is 0 Å². The predicted molar refractivity (Wildman–Crippen MR) is 56.7 cm³/mol. The van der Waals surface area contributed by atoms with Crippen molar-refractivity contribution in [2.24, 2.45) is 0 Å². The summed E-state index contributed by atoms with van der Waals surface area (Å²) in [7, 11) is 0. The van der Waals surface area contributed by atoms with E-state index in [0.29, 0.717) is 0 Å². The van der Waals surface area contributed by atoms with Gasteiger partial charge in [-0.15, -0.1) is 0 Å². The molecule has 0 bridgehead atoms. The van der Waals surface area contributed by atoms with E-state index in [1.54, 1.807) is 25.7 Å². The van der Waals surface area contributed by atoms with E-state index >= 15 is 0 Å². The van der Waals surface area contributed by atoms with Crippen LogP contribution in [0.3, 0.4) is 0 Å². The van der Waals surface area contributed by atoms with Crippen molar-refractivity contribution in [3.05, 3.63) is 75.6 Å². The minimum absolute atomic E-state index is 0. The van der Waals surface area contributed by atoms with Crippen LogP contribution in [0.4, 0.5) is 4.39 Å². The van der Waals surface area contributed by atoms with Crippen LogP contribution in [0.1, 0.15) is 0 Å². The van der Waals surface area contributed by atoms with E-state index in [1.165, 1.54) is 12.1 Å². The molecule has 0 aromatic rings. The summed E-state index contributed by atoms with van der Waals surface area (Å²) in [6.07, 6.45) is 18.2. The number of nitrogens with zero attached hydrogens (tertiary/aromatic N) is 1. The van der Waals surface area contributed by atoms with Gasteiger partial charge in [0.25, 0.3) is 0 Å². The molecule has 0 saturated heterocycles. The second kappa shape index (κ2) is 9.87.